The first-order valence-corrected chi connectivity index (χ1v) is 12.1. The summed E-state index contributed by atoms with van der Waals surface area (Å²) in [6, 6.07) is 0. The highest BCUT2D eigenvalue weighted by molar-refractivity contribution is 4.62. The number of unbranched alkanes of at least 4 members (excludes halogenated alkanes) is 15. The van der Waals surface area contributed by atoms with Crippen molar-refractivity contribution in [3.8, 4) is 0 Å². The molecule has 0 aromatic heterocycles. The minimum absolute atomic E-state index is 1.00. The monoisotopic (exact) mass is 351 g/mol. The van der Waals surface area contributed by atoms with Crippen LogP contribution in [0.15, 0.2) is 0 Å². The van der Waals surface area contributed by atoms with Gasteiger partial charge < -0.3 is 0 Å². The summed E-state index contributed by atoms with van der Waals surface area (Å²) in [5.41, 5.74) is 0. The smallest absolute Gasteiger partial charge is 0.0414 e. The van der Waals surface area contributed by atoms with Crippen LogP contribution in [-0.4, -0.2) is 0 Å². The normalized spacial score (nSPS) is 11.5. The highest BCUT2D eigenvalue weighted by Gasteiger charge is 2.08. The van der Waals surface area contributed by atoms with E-state index >= 15 is 0 Å². The Morgan fingerprint density at radius 1 is 0.440 bits per heavy atom. The van der Waals surface area contributed by atoms with Crippen LogP contribution in [0.2, 0.25) is 0 Å². The van der Waals surface area contributed by atoms with E-state index in [1.54, 1.807) is 0 Å². The summed E-state index contributed by atoms with van der Waals surface area (Å²) in [6.07, 6.45) is 30.2. The first-order chi connectivity index (χ1) is 12.3. The quantitative estimate of drug-likeness (QED) is 0.180. The maximum Gasteiger partial charge on any atom is -0.0414 e. The molecule has 0 heterocycles. The molecule has 0 amide bonds. The van der Waals surface area contributed by atoms with Gasteiger partial charge in [-0.15, -0.1) is 0 Å². The third-order valence-electron chi connectivity index (χ3n) is 5.79. The number of rotatable bonds is 21. The molecule has 0 saturated heterocycles. The third kappa shape index (κ3) is 20.2. The molecule has 0 aromatic carbocycles. The molecule has 0 heteroatoms. The fraction of sp³-hybridized carbons (Fsp3) is 0.960. The van der Waals surface area contributed by atoms with Crippen molar-refractivity contribution in [1.82, 2.24) is 0 Å². The van der Waals surface area contributed by atoms with Crippen molar-refractivity contribution in [2.24, 2.45) is 5.92 Å². The number of hydrogen-bond acceptors (Lipinski definition) is 0. The average molecular weight is 352 g/mol. The Bertz CT molecular complexity index is 200. The molecule has 0 aliphatic heterocycles. The fourth-order valence-electron chi connectivity index (χ4n) is 4.00. The van der Waals surface area contributed by atoms with Crippen molar-refractivity contribution < 1.29 is 0 Å². The van der Waals surface area contributed by atoms with E-state index in [-0.39, 0.29) is 0 Å². The summed E-state index contributed by atoms with van der Waals surface area (Å²) < 4.78 is 0. The Kier molecular flexibility index (Phi) is 22.0. The lowest BCUT2D eigenvalue weighted by Gasteiger charge is -2.16. The minimum Gasteiger partial charge on any atom is -0.0654 e. The predicted molar refractivity (Wildman–Crippen MR) is 117 cm³/mol. The maximum atomic E-state index is 4.05. The molecular weight excluding hydrogens is 300 g/mol. The van der Waals surface area contributed by atoms with Crippen LogP contribution in [0.4, 0.5) is 0 Å². The molecule has 0 aromatic rings. The van der Waals surface area contributed by atoms with E-state index in [1.165, 1.54) is 128 Å². The molecule has 0 saturated carbocycles. The first kappa shape index (κ1) is 25.0. The van der Waals surface area contributed by atoms with Gasteiger partial charge in [-0.1, -0.05) is 156 Å². The molecule has 0 unspecified atom stereocenters. The summed E-state index contributed by atoms with van der Waals surface area (Å²) in [6.45, 7) is 8.66. The van der Waals surface area contributed by atoms with Gasteiger partial charge in [-0.25, -0.2) is 0 Å². The van der Waals surface area contributed by atoms with Gasteiger partial charge in [0.05, 0.1) is 0 Å². The van der Waals surface area contributed by atoms with Crippen molar-refractivity contribution in [3.05, 3.63) is 6.92 Å². The zero-order chi connectivity index (χ0) is 18.4. The van der Waals surface area contributed by atoms with Crippen LogP contribution in [0, 0.1) is 12.8 Å². The highest BCUT2D eigenvalue weighted by atomic mass is 14.1. The summed E-state index contributed by atoms with van der Waals surface area (Å²) in [7, 11) is 0. The second kappa shape index (κ2) is 22.0. The van der Waals surface area contributed by atoms with E-state index in [1.807, 2.05) is 0 Å². The van der Waals surface area contributed by atoms with Crippen LogP contribution in [0.1, 0.15) is 149 Å². The van der Waals surface area contributed by atoms with E-state index < -0.39 is 0 Å². The van der Waals surface area contributed by atoms with Crippen molar-refractivity contribution in [1.29, 1.82) is 0 Å². The molecule has 151 valence electrons. The fourth-order valence-corrected chi connectivity index (χ4v) is 4.00. The van der Waals surface area contributed by atoms with E-state index in [0.29, 0.717) is 0 Å². The molecule has 0 rings (SSSR count). The Morgan fingerprint density at radius 3 is 1.12 bits per heavy atom. The standard InChI is InChI=1S/C25H51/c1-4-7-10-12-14-16-18-20-23-25(22-9-6-3)24-21-19-17-15-13-11-8-5-2/h25H,3-24H2,1-2H3. The predicted octanol–water partition coefficient (Wildman–Crippen LogP) is 9.67. The van der Waals surface area contributed by atoms with Crippen molar-refractivity contribution >= 4 is 0 Å². The third-order valence-corrected chi connectivity index (χ3v) is 5.79. The summed E-state index contributed by atoms with van der Waals surface area (Å²) in [5.74, 6) is 1.00. The van der Waals surface area contributed by atoms with Gasteiger partial charge in [-0.2, -0.15) is 0 Å². The summed E-state index contributed by atoms with van der Waals surface area (Å²) >= 11 is 0. The second-order valence-corrected chi connectivity index (χ2v) is 8.39. The average Bonchev–Trinajstić information content (AvgIpc) is 2.63. The van der Waals surface area contributed by atoms with Crippen molar-refractivity contribution in [2.75, 3.05) is 0 Å². The van der Waals surface area contributed by atoms with Crippen molar-refractivity contribution in [2.45, 2.75) is 149 Å². The van der Waals surface area contributed by atoms with Crippen LogP contribution in [-0.2, 0) is 0 Å². The van der Waals surface area contributed by atoms with Crippen LogP contribution in [0.5, 0.6) is 0 Å². The lowest BCUT2D eigenvalue weighted by atomic mass is 9.90. The van der Waals surface area contributed by atoms with Gasteiger partial charge in [-0.3, -0.25) is 0 Å². The van der Waals surface area contributed by atoms with Gasteiger partial charge in [0, 0.05) is 0 Å². The molecule has 0 bridgehead atoms. The van der Waals surface area contributed by atoms with E-state index in [9.17, 15) is 0 Å². The lowest BCUT2D eigenvalue weighted by molar-refractivity contribution is 0.372. The second-order valence-electron chi connectivity index (χ2n) is 8.39. The van der Waals surface area contributed by atoms with Gasteiger partial charge in [-0.05, 0) is 5.92 Å². The SMILES string of the molecule is [CH2]CCCC(CCCCCCCCCC)CCCCCCCCCC. The van der Waals surface area contributed by atoms with Gasteiger partial charge in [0.2, 0.25) is 0 Å². The zero-order valence-corrected chi connectivity index (χ0v) is 18.1. The molecule has 0 fully saturated rings. The van der Waals surface area contributed by atoms with E-state index in [4.69, 9.17) is 0 Å². The summed E-state index contributed by atoms with van der Waals surface area (Å²) in [4.78, 5) is 0. The van der Waals surface area contributed by atoms with Gasteiger partial charge in [0.25, 0.3) is 0 Å². The maximum absolute atomic E-state index is 4.05. The minimum atomic E-state index is 1.00. The topological polar surface area (TPSA) is 0 Å². The van der Waals surface area contributed by atoms with Crippen LogP contribution < -0.4 is 0 Å². The molecule has 0 aliphatic carbocycles. The largest absolute Gasteiger partial charge is 0.0654 e. The lowest BCUT2D eigenvalue weighted by Crippen LogP contribution is -2.01. The first-order valence-electron chi connectivity index (χ1n) is 12.1. The highest BCUT2D eigenvalue weighted by Crippen LogP contribution is 2.24. The Balaban J connectivity index is 3.54. The van der Waals surface area contributed by atoms with E-state index in [2.05, 4.69) is 20.8 Å². The van der Waals surface area contributed by atoms with Crippen molar-refractivity contribution in [3.63, 3.8) is 0 Å². The molecule has 0 spiro atoms. The van der Waals surface area contributed by atoms with Gasteiger partial charge in [0.15, 0.2) is 0 Å². The van der Waals surface area contributed by atoms with E-state index in [0.717, 1.165) is 12.3 Å². The molecule has 25 heavy (non-hydrogen) atoms. The molecule has 1 radical (unpaired) electrons. The van der Waals surface area contributed by atoms with Gasteiger partial charge in [0.1, 0.15) is 0 Å². The molecule has 0 aliphatic rings. The zero-order valence-electron chi connectivity index (χ0n) is 18.1. The van der Waals surface area contributed by atoms with Crippen LogP contribution >= 0.6 is 0 Å². The molecule has 0 atom stereocenters. The molecular formula is C25H51. The number of hydrogen-bond donors (Lipinski definition) is 0. The van der Waals surface area contributed by atoms with Crippen LogP contribution in [0.25, 0.3) is 0 Å². The molecule has 0 nitrogen and oxygen atoms in total. The van der Waals surface area contributed by atoms with Crippen LogP contribution in [0.3, 0.4) is 0 Å². The Labute approximate surface area is 161 Å². The Morgan fingerprint density at radius 2 is 0.760 bits per heavy atom. The van der Waals surface area contributed by atoms with Gasteiger partial charge >= 0.3 is 0 Å². The summed E-state index contributed by atoms with van der Waals surface area (Å²) in [5, 5.41) is 0. The molecule has 0 N–H and O–H groups in total. The Hall–Kier alpha value is 0.